The van der Waals surface area contributed by atoms with E-state index < -0.39 is 0 Å². The lowest BCUT2D eigenvalue weighted by atomic mass is 10.2. The normalized spacial score (nSPS) is 13.6. The van der Waals surface area contributed by atoms with Crippen LogP contribution in [0.3, 0.4) is 0 Å². The highest BCUT2D eigenvalue weighted by molar-refractivity contribution is 6.32. The standard InChI is InChI=1S/C27H31ClFN7O2.C2H6/c28-23-16-22(5-6-25(23)38-18-20-3-1-4-21(29)15-20)33-27-26-24(31-19-32-27)17-36(34-26)9-2-7-30-8-10-35-11-13-37-14-12-35;1-2/h1,3-6,15-17,19,30H,2,7-14,18H2,(H,31,32,33);1-2H3. The smallest absolute Gasteiger partial charge is 0.162 e. The molecule has 1 aliphatic heterocycles. The number of nitrogens with zero attached hydrogens (tertiary/aromatic N) is 5. The Hall–Kier alpha value is -3.31. The Bertz CT molecular complexity index is 1350. The SMILES string of the molecule is CC.Fc1cccc(COc2ccc(Nc3ncnc4cn(CCCNCCN5CCOCC5)nc34)cc2Cl)c1. The third kappa shape index (κ3) is 8.59. The lowest BCUT2D eigenvalue weighted by molar-refractivity contribution is 0.0384. The van der Waals surface area contributed by atoms with Crippen molar-refractivity contribution in [1.29, 1.82) is 0 Å². The molecule has 1 aliphatic rings. The molecule has 2 N–H and O–H groups in total. The summed E-state index contributed by atoms with van der Waals surface area (Å²) < 4.78 is 26.5. The van der Waals surface area contributed by atoms with Gasteiger partial charge in [0.2, 0.25) is 0 Å². The Morgan fingerprint density at radius 2 is 1.90 bits per heavy atom. The summed E-state index contributed by atoms with van der Waals surface area (Å²) in [5.41, 5.74) is 2.93. The third-order valence-electron chi connectivity index (χ3n) is 6.28. The molecule has 214 valence electrons. The molecule has 0 atom stereocenters. The quantitative estimate of drug-likeness (QED) is 0.223. The van der Waals surface area contributed by atoms with Crippen LogP contribution in [-0.4, -0.2) is 70.6 Å². The number of rotatable bonds is 12. The number of aromatic nitrogens is 4. The first-order valence-electron chi connectivity index (χ1n) is 13.8. The van der Waals surface area contributed by atoms with Crippen molar-refractivity contribution in [3.8, 4) is 5.75 Å². The first-order valence-corrected chi connectivity index (χ1v) is 14.1. The van der Waals surface area contributed by atoms with Crippen molar-refractivity contribution in [2.75, 3.05) is 51.3 Å². The Kier molecular flexibility index (Phi) is 11.5. The second-order valence-electron chi connectivity index (χ2n) is 9.09. The molecule has 1 saturated heterocycles. The second kappa shape index (κ2) is 15.5. The first-order chi connectivity index (χ1) is 19.6. The van der Waals surface area contributed by atoms with E-state index in [1.165, 1.54) is 18.5 Å². The van der Waals surface area contributed by atoms with E-state index in [9.17, 15) is 4.39 Å². The van der Waals surface area contributed by atoms with Gasteiger partial charge in [0.15, 0.2) is 11.3 Å². The summed E-state index contributed by atoms with van der Waals surface area (Å²) in [5.74, 6) is 0.811. The number of benzene rings is 2. The van der Waals surface area contributed by atoms with Crippen molar-refractivity contribution in [3.05, 3.63) is 71.4 Å². The molecule has 9 nitrogen and oxygen atoms in total. The molecule has 4 aromatic rings. The molecule has 0 bridgehead atoms. The maximum atomic E-state index is 13.4. The monoisotopic (exact) mass is 569 g/mol. The Labute approximate surface area is 239 Å². The van der Waals surface area contributed by atoms with Crippen LogP contribution in [0.4, 0.5) is 15.9 Å². The fourth-order valence-corrected chi connectivity index (χ4v) is 4.50. The van der Waals surface area contributed by atoms with Gasteiger partial charge in [-0.3, -0.25) is 9.58 Å². The molecule has 2 aromatic heterocycles. The van der Waals surface area contributed by atoms with E-state index in [0.717, 1.165) is 75.7 Å². The third-order valence-corrected chi connectivity index (χ3v) is 6.57. The highest BCUT2D eigenvalue weighted by atomic mass is 35.5. The average Bonchev–Trinajstić information content (AvgIpc) is 3.40. The van der Waals surface area contributed by atoms with Gasteiger partial charge in [-0.2, -0.15) is 5.10 Å². The molecule has 0 unspecified atom stereocenters. The Balaban J connectivity index is 0.00000181. The predicted octanol–water partition coefficient (Wildman–Crippen LogP) is 5.28. The Morgan fingerprint density at radius 1 is 1.05 bits per heavy atom. The fraction of sp³-hybridized carbons (Fsp3) is 0.414. The van der Waals surface area contributed by atoms with Gasteiger partial charge >= 0.3 is 0 Å². The summed E-state index contributed by atoms with van der Waals surface area (Å²) in [6.07, 6.45) is 4.41. The summed E-state index contributed by atoms with van der Waals surface area (Å²) in [6, 6.07) is 11.7. The maximum absolute atomic E-state index is 13.4. The fourth-order valence-electron chi connectivity index (χ4n) is 4.26. The zero-order valence-corrected chi connectivity index (χ0v) is 23.8. The van der Waals surface area contributed by atoms with E-state index in [1.54, 1.807) is 24.3 Å². The van der Waals surface area contributed by atoms with Crippen LogP contribution in [0.15, 0.2) is 55.0 Å². The number of morpholine rings is 1. The van der Waals surface area contributed by atoms with Crippen LogP contribution >= 0.6 is 11.6 Å². The first kappa shape index (κ1) is 29.7. The second-order valence-corrected chi connectivity index (χ2v) is 9.50. The zero-order valence-electron chi connectivity index (χ0n) is 23.1. The largest absolute Gasteiger partial charge is 0.487 e. The molecule has 0 amide bonds. The summed E-state index contributed by atoms with van der Waals surface area (Å²) in [4.78, 5) is 11.2. The molecular formula is C29H37ClFN7O2. The van der Waals surface area contributed by atoms with Crippen molar-refractivity contribution in [3.63, 3.8) is 0 Å². The lowest BCUT2D eigenvalue weighted by Crippen LogP contribution is -2.40. The summed E-state index contributed by atoms with van der Waals surface area (Å²) >= 11 is 6.45. The van der Waals surface area contributed by atoms with Crippen molar-refractivity contribution < 1.29 is 13.9 Å². The van der Waals surface area contributed by atoms with Crippen LogP contribution in [0.2, 0.25) is 5.02 Å². The van der Waals surface area contributed by atoms with Crippen LogP contribution in [0, 0.1) is 5.82 Å². The number of ether oxygens (including phenoxy) is 2. The van der Waals surface area contributed by atoms with Gasteiger partial charge in [0.05, 0.1) is 24.4 Å². The van der Waals surface area contributed by atoms with Gasteiger partial charge in [0, 0.05) is 38.4 Å². The molecule has 3 heterocycles. The molecule has 0 radical (unpaired) electrons. The summed E-state index contributed by atoms with van der Waals surface area (Å²) in [7, 11) is 0. The molecule has 0 spiro atoms. The average molecular weight is 570 g/mol. The number of anilines is 2. The van der Waals surface area contributed by atoms with Gasteiger partial charge in [0.1, 0.15) is 30.0 Å². The molecule has 11 heteroatoms. The summed E-state index contributed by atoms with van der Waals surface area (Å²) in [6.45, 7) is 11.6. The molecule has 2 aromatic carbocycles. The highest BCUT2D eigenvalue weighted by Crippen LogP contribution is 2.30. The molecule has 40 heavy (non-hydrogen) atoms. The minimum atomic E-state index is -0.300. The lowest BCUT2D eigenvalue weighted by Gasteiger charge is -2.26. The van der Waals surface area contributed by atoms with E-state index in [1.807, 2.05) is 30.8 Å². The molecule has 5 rings (SSSR count). The van der Waals surface area contributed by atoms with Gasteiger partial charge in [-0.25, -0.2) is 14.4 Å². The van der Waals surface area contributed by atoms with Crippen LogP contribution in [-0.2, 0) is 17.9 Å². The molecule has 0 saturated carbocycles. The van der Waals surface area contributed by atoms with Crippen LogP contribution in [0.5, 0.6) is 5.75 Å². The number of aryl methyl sites for hydroxylation is 1. The minimum absolute atomic E-state index is 0.220. The van der Waals surface area contributed by atoms with E-state index in [2.05, 4.69) is 25.5 Å². The Morgan fingerprint density at radius 3 is 2.70 bits per heavy atom. The van der Waals surface area contributed by atoms with Gasteiger partial charge in [0.25, 0.3) is 0 Å². The van der Waals surface area contributed by atoms with Crippen LogP contribution < -0.4 is 15.4 Å². The topological polar surface area (TPSA) is 89.4 Å². The van der Waals surface area contributed by atoms with Crippen molar-refractivity contribution in [2.45, 2.75) is 33.4 Å². The van der Waals surface area contributed by atoms with Crippen molar-refractivity contribution >= 4 is 34.1 Å². The number of hydrogen-bond donors (Lipinski definition) is 2. The van der Waals surface area contributed by atoms with Gasteiger partial charge < -0.3 is 20.1 Å². The van der Waals surface area contributed by atoms with Gasteiger partial charge in [-0.1, -0.05) is 37.6 Å². The van der Waals surface area contributed by atoms with E-state index >= 15 is 0 Å². The van der Waals surface area contributed by atoms with Gasteiger partial charge in [-0.05, 0) is 48.9 Å². The predicted molar refractivity (Wildman–Crippen MR) is 157 cm³/mol. The number of halogens is 2. The molecular weight excluding hydrogens is 533 g/mol. The molecule has 0 aliphatic carbocycles. The minimum Gasteiger partial charge on any atom is -0.487 e. The summed E-state index contributed by atoms with van der Waals surface area (Å²) in [5, 5.41) is 11.9. The number of nitrogens with one attached hydrogen (secondary N) is 2. The maximum Gasteiger partial charge on any atom is 0.162 e. The molecule has 1 fully saturated rings. The highest BCUT2D eigenvalue weighted by Gasteiger charge is 2.12. The van der Waals surface area contributed by atoms with Gasteiger partial charge in [-0.15, -0.1) is 0 Å². The van der Waals surface area contributed by atoms with Crippen LogP contribution in [0.1, 0.15) is 25.8 Å². The van der Waals surface area contributed by atoms with Crippen LogP contribution in [0.25, 0.3) is 11.0 Å². The van der Waals surface area contributed by atoms with Crippen molar-refractivity contribution in [2.24, 2.45) is 0 Å². The number of fused-ring (bicyclic) bond motifs is 1. The number of hydrogen-bond acceptors (Lipinski definition) is 8. The van der Waals surface area contributed by atoms with Crippen molar-refractivity contribution in [1.82, 2.24) is 30.0 Å². The van der Waals surface area contributed by atoms with E-state index in [4.69, 9.17) is 26.2 Å². The van der Waals surface area contributed by atoms with E-state index in [0.29, 0.717) is 22.1 Å². The van der Waals surface area contributed by atoms with E-state index in [-0.39, 0.29) is 12.4 Å². The zero-order chi connectivity index (χ0) is 28.2.